The Morgan fingerprint density at radius 2 is 0.804 bits per heavy atom. The minimum Gasteiger partial charge on any atom is -0.456 e. The molecule has 1 aromatic heterocycles. The zero-order chi connectivity index (χ0) is 37.0. The van der Waals surface area contributed by atoms with Crippen LogP contribution in [0, 0.1) is 0 Å². The fourth-order valence-corrected chi connectivity index (χ4v) is 8.49. The maximum absolute atomic E-state index is 6.40. The maximum atomic E-state index is 6.40. The van der Waals surface area contributed by atoms with Gasteiger partial charge >= 0.3 is 0 Å². The Labute approximate surface area is 325 Å². The largest absolute Gasteiger partial charge is 0.456 e. The first-order valence-electron chi connectivity index (χ1n) is 19.2. The van der Waals surface area contributed by atoms with E-state index in [1.54, 1.807) is 0 Å². The number of rotatable bonds is 6. The topological polar surface area (TPSA) is 16.4 Å². The van der Waals surface area contributed by atoms with Gasteiger partial charge in [-0.1, -0.05) is 152 Å². The summed E-state index contributed by atoms with van der Waals surface area (Å²) in [4.78, 5) is 2.33. The Bertz CT molecular complexity index is 3220. The predicted molar refractivity (Wildman–Crippen MR) is 237 cm³/mol. The Morgan fingerprint density at radius 1 is 0.286 bits per heavy atom. The third-order valence-corrected chi connectivity index (χ3v) is 11.2. The summed E-state index contributed by atoms with van der Waals surface area (Å²) in [6.45, 7) is 0. The van der Waals surface area contributed by atoms with Gasteiger partial charge in [-0.25, -0.2) is 0 Å². The van der Waals surface area contributed by atoms with Gasteiger partial charge in [0, 0.05) is 27.8 Å². The van der Waals surface area contributed by atoms with Crippen molar-refractivity contribution in [3.63, 3.8) is 0 Å². The summed E-state index contributed by atoms with van der Waals surface area (Å²) in [5, 5.41) is 9.80. The molecule has 0 spiro atoms. The summed E-state index contributed by atoms with van der Waals surface area (Å²) in [5.41, 5.74) is 12.2. The summed E-state index contributed by atoms with van der Waals surface area (Å²) in [5.74, 6) is 0. The smallest absolute Gasteiger partial charge is 0.136 e. The number of para-hydroxylation sites is 2. The van der Waals surface area contributed by atoms with E-state index in [-0.39, 0.29) is 0 Å². The monoisotopic (exact) mass is 713 g/mol. The van der Waals surface area contributed by atoms with Crippen molar-refractivity contribution >= 4 is 71.3 Å². The number of furan rings is 1. The lowest BCUT2D eigenvalue weighted by Crippen LogP contribution is -2.09. The van der Waals surface area contributed by atoms with E-state index in [1.807, 2.05) is 6.07 Å². The van der Waals surface area contributed by atoms with Crippen molar-refractivity contribution in [2.45, 2.75) is 0 Å². The van der Waals surface area contributed by atoms with Crippen molar-refractivity contribution in [2.24, 2.45) is 0 Å². The molecule has 0 atom stereocenters. The van der Waals surface area contributed by atoms with E-state index in [0.717, 1.165) is 39.0 Å². The number of nitrogens with zero attached hydrogens (tertiary/aromatic N) is 1. The second-order valence-corrected chi connectivity index (χ2v) is 14.5. The molecule has 262 valence electrons. The third kappa shape index (κ3) is 5.42. The van der Waals surface area contributed by atoms with Crippen molar-refractivity contribution in [1.82, 2.24) is 0 Å². The van der Waals surface area contributed by atoms with Crippen molar-refractivity contribution < 1.29 is 4.42 Å². The molecule has 11 rings (SSSR count). The van der Waals surface area contributed by atoms with Crippen LogP contribution in [-0.2, 0) is 0 Å². The van der Waals surface area contributed by atoms with Gasteiger partial charge in [0.15, 0.2) is 0 Å². The number of benzene rings is 10. The second-order valence-electron chi connectivity index (χ2n) is 14.5. The molecule has 2 heteroatoms. The fourth-order valence-electron chi connectivity index (χ4n) is 8.49. The molecule has 0 aliphatic rings. The van der Waals surface area contributed by atoms with Crippen LogP contribution in [0.15, 0.2) is 217 Å². The normalized spacial score (nSPS) is 11.6. The Kier molecular flexibility index (Phi) is 7.53. The van der Waals surface area contributed by atoms with Gasteiger partial charge in [-0.05, 0) is 126 Å². The second kappa shape index (κ2) is 13.2. The van der Waals surface area contributed by atoms with Crippen LogP contribution in [0.5, 0.6) is 0 Å². The number of anilines is 3. The highest BCUT2D eigenvalue weighted by molar-refractivity contribution is 6.22. The highest BCUT2D eigenvalue weighted by Crippen LogP contribution is 2.42. The minimum atomic E-state index is 0.911. The quantitative estimate of drug-likeness (QED) is 0.160. The van der Waals surface area contributed by atoms with E-state index >= 15 is 0 Å². The molecule has 11 aromatic rings. The maximum Gasteiger partial charge on any atom is 0.136 e. The standard InChI is InChI=1S/C54H35NO/c1-3-11-38(12-4-1)50-35-53-54(48-17-9-10-18-52(48)56-53)47-32-27-42(34-51(47)50)37-25-30-45(31-26-37)55(43-14-5-2-6-15-43)44-28-23-36(24-29-44)41-22-21-40-20-19-39-13-7-8-16-46(39)49(40)33-41/h1-35H. The van der Waals surface area contributed by atoms with Gasteiger partial charge in [0.25, 0.3) is 0 Å². The van der Waals surface area contributed by atoms with Crippen LogP contribution in [0.2, 0.25) is 0 Å². The van der Waals surface area contributed by atoms with Crippen molar-refractivity contribution in [3.8, 4) is 33.4 Å². The molecule has 0 amide bonds. The van der Waals surface area contributed by atoms with Crippen LogP contribution in [0.1, 0.15) is 0 Å². The van der Waals surface area contributed by atoms with Crippen LogP contribution < -0.4 is 4.90 Å². The molecule has 56 heavy (non-hydrogen) atoms. The molecule has 0 fully saturated rings. The molecule has 0 bridgehead atoms. The van der Waals surface area contributed by atoms with Gasteiger partial charge in [-0.2, -0.15) is 0 Å². The summed E-state index contributed by atoms with van der Waals surface area (Å²) in [7, 11) is 0. The average Bonchev–Trinajstić information content (AvgIpc) is 3.66. The van der Waals surface area contributed by atoms with Crippen molar-refractivity contribution in [2.75, 3.05) is 4.90 Å². The van der Waals surface area contributed by atoms with Crippen LogP contribution >= 0.6 is 0 Å². The van der Waals surface area contributed by atoms with E-state index in [4.69, 9.17) is 4.42 Å². The van der Waals surface area contributed by atoms with Crippen molar-refractivity contribution in [1.29, 1.82) is 0 Å². The summed E-state index contributed by atoms with van der Waals surface area (Å²) < 4.78 is 6.40. The summed E-state index contributed by atoms with van der Waals surface area (Å²) in [6.07, 6.45) is 0. The van der Waals surface area contributed by atoms with E-state index < -0.39 is 0 Å². The minimum absolute atomic E-state index is 0.911. The van der Waals surface area contributed by atoms with Gasteiger partial charge in [-0.3, -0.25) is 0 Å². The summed E-state index contributed by atoms with van der Waals surface area (Å²) >= 11 is 0. The molecule has 0 saturated carbocycles. The van der Waals surface area contributed by atoms with Crippen LogP contribution in [-0.4, -0.2) is 0 Å². The molecular weight excluding hydrogens is 679 g/mol. The molecule has 10 aromatic carbocycles. The molecule has 1 heterocycles. The van der Waals surface area contributed by atoms with E-state index in [1.165, 1.54) is 65.7 Å². The van der Waals surface area contributed by atoms with Crippen LogP contribution in [0.25, 0.3) is 87.6 Å². The lowest BCUT2D eigenvalue weighted by molar-refractivity contribution is 0.669. The molecular formula is C54H35NO. The number of fused-ring (bicyclic) bond motifs is 8. The lowest BCUT2D eigenvalue weighted by atomic mass is 9.92. The first-order chi connectivity index (χ1) is 27.7. The fraction of sp³-hybridized carbons (Fsp3) is 0. The predicted octanol–water partition coefficient (Wildman–Crippen LogP) is 15.5. The van der Waals surface area contributed by atoms with Gasteiger partial charge in [0.2, 0.25) is 0 Å². The van der Waals surface area contributed by atoms with Crippen LogP contribution in [0.3, 0.4) is 0 Å². The van der Waals surface area contributed by atoms with Gasteiger partial charge in [0.1, 0.15) is 11.2 Å². The summed E-state index contributed by atoms with van der Waals surface area (Å²) in [6, 6.07) is 76.4. The van der Waals surface area contributed by atoms with Crippen molar-refractivity contribution in [3.05, 3.63) is 212 Å². The molecule has 0 aliphatic heterocycles. The Balaban J connectivity index is 0.976. The van der Waals surface area contributed by atoms with Gasteiger partial charge < -0.3 is 9.32 Å². The number of hydrogen-bond acceptors (Lipinski definition) is 2. The Morgan fingerprint density at radius 3 is 1.52 bits per heavy atom. The van der Waals surface area contributed by atoms with E-state index in [2.05, 4.69) is 211 Å². The highest BCUT2D eigenvalue weighted by atomic mass is 16.3. The molecule has 0 saturated heterocycles. The van der Waals surface area contributed by atoms with E-state index in [9.17, 15) is 0 Å². The molecule has 0 unspecified atom stereocenters. The third-order valence-electron chi connectivity index (χ3n) is 11.2. The lowest BCUT2D eigenvalue weighted by Gasteiger charge is -2.26. The number of hydrogen-bond donors (Lipinski definition) is 0. The first-order valence-corrected chi connectivity index (χ1v) is 19.2. The zero-order valence-corrected chi connectivity index (χ0v) is 30.6. The van der Waals surface area contributed by atoms with Gasteiger partial charge in [-0.15, -0.1) is 0 Å². The first kappa shape index (κ1) is 32.0. The molecule has 2 nitrogen and oxygen atoms in total. The average molecular weight is 714 g/mol. The zero-order valence-electron chi connectivity index (χ0n) is 30.6. The van der Waals surface area contributed by atoms with Gasteiger partial charge in [0.05, 0.1) is 0 Å². The Hall–Kier alpha value is -7.42. The molecule has 0 radical (unpaired) electrons. The SMILES string of the molecule is c1ccc(-c2cc3oc4ccccc4c3c3ccc(-c4ccc(N(c5ccccc5)c5ccc(-c6ccc7ccc8ccccc8c7c6)cc5)cc4)cc23)cc1. The molecule has 0 N–H and O–H groups in total. The molecule has 0 aliphatic carbocycles. The van der Waals surface area contributed by atoms with E-state index in [0.29, 0.717) is 0 Å². The van der Waals surface area contributed by atoms with Crippen LogP contribution in [0.4, 0.5) is 17.1 Å². The highest BCUT2D eigenvalue weighted by Gasteiger charge is 2.17.